The van der Waals surface area contributed by atoms with Gasteiger partial charge in [0.25, 0.3) is 0 Å². The Labute approximate surface area is 60.0 Å². The first-order valence-electron chi connectivity index (χ1n) is 3.57. The molecule has 1 N–H and O–H groups in total. The summed E-state index contributed by atoms with van der Waals surface area (Å²) in [5, 5.41) is 8.44. The largest absolute Gasteiger partial charge is 0.481 e. The molecule has 0 amide bonds. The van der Waals surface area contributed by atoms with Crippen LogP contribution in [-0.4, -0.2) is 23.8 Å². The van der Waals surface area contributed by atoms with Gasteiger partial charge in [-0.2, -0.15) is 0 Å². The maximum atomic E-state index is 10.2. The molecule has 0 radical (unpaired) electrons. The normalized spacial score (nSPS) is 25.9. The number of hydrogen-bond donors (Lipinski definition) is 1. The number of hydrogen-bond acceptors (Lipinski definition) is 2. The molecule has 0 spiro atoms. The third-order valence-electron chi connectivity index (χ3n) is 1.85. The number of carbonyl (C=O) groups is 1. The Morgan fingerprint density at radius 1 is 1.90 bits per heavy atom. The Morgan fingerprint density at radius 3 is 2.80 bits per heavy atom. The molecule has 0 aromatic carbocycles. The lowest BCUT2D eigenvalue weighted by atomic mass is 9.99. The van der Waals surface area contributed by atoms with Crippen molar-refractivity contribution in [3.8, 4) is 0 Å². The molecule has 10 heavy (non-hydrogen) atoms. The molecule has 1 aliphatic heterocycles. The molecule has 0 aromatic rings. The van der Waals surface area contributed by atoms with Crippen LogP contribution >= 0.6 is 0 Å². The molecular formula is C7H12O3. The Bertz CT molecular complexity index is 129. The maximum Gasteiger partial charge on any atom is 0.303 e. The van der Waals surface area contributed by atoms with Crippen LogP contribution in [-0.2, 0) is 9.53 Å². The molecule has 2 atom stereocenters. The van der Waals surface area contributed by atoms with Crippen LogP contribution in [0.5, 0.6) is 0 Å². The number of aliphatic carboxylic acids is 1. The molecule has 1 heterocycles. The van der Waals surface area contributed by atoms with Gasteiger partial charge in [0.15, 0.2) is 0 Å². The first-order valence-corrected chi connectivity index (χ1v) is 3.57. The highest BCUT2D eigenvalue weighted by Crippen LogP contribution is 2.25. The quantitative estimate of drug-likeness (QED) is 0.596. The van der Waals surface area contributed by atoms with Gasteiger partial charge >= 0.3 is 5.97 Å². The summed E-state index contributed by atoms with van der Waals surface area (Å²) >= 11 is 0. The molecule has 1 saturated heterocycles. The minimum Gasteiger partial charge on any atom is -0.481 e. The predicted molar refractivity (Wildman–Crippen MR) is 35.8 cm³/mol. The summed E-state index contributed by atoms with van der Waals surface area (Å²) in [6, 6.07) is 0. The fourth-order valence-corrected chi connectivity index (χ4v) is 1.09. The molecule has 1 fully saturated rings. The Morgan fingerprint density at radius 2 is 2.50 bits per heavy atom. The van der Waals surface area contributed by atoms with Crippen LogP contribution in [0.2, 0.25) is 0 Å². The average Bonchev–Trinajstić information content (AvgIpc) is 2.63. The molecule has 1 rings (SSSR count). The van der Waals surface area contributed by atoms with Crippen molar-refractivity contribution < 1.29 is 14.6 Å². The summed E-state index contributed by atoms with van der Waals surface area (Å²) in [7, 11) is 0. The number of carboxylic acids is 1. The Balaban J connectivity index is 2.25. The topological polar surface area (TPSA) is 49.8 Å². The number of rotatable bonds is 4. The van der Waals surface area contributed by atoms with E-state index in [1.54, 1.807) is 0 Å². The zero-order valence-corrected chi connectivity index (χ0v) is 6.04. The van der Waals surface area contributed by atoms with E-state index in [0.29, 0.717) is 0 Å². The summed E-state index contributed by atoms with van der Waals surface area (Å²) in [6.45, 7) is 2.75. The molecular weight excluding hydrogens is 132 g/mol. The third-order valence-corrected chi connectivity index (χ3v) is 1.85. The molecule has 1 aliphatic rings. The third kappa shape index (κ3) is 1.99. The lowest BCUT2D eigenvalue weighted by molar-refractivity contribution is -0.138. The van der Waals surface area contributed by atoms with Crippen LogP contribution in [0.3, 0.4) is 0 Å². The van der Waals surface area contributed by atoms with Crippen molar-refractivity contribution in [3.05, 3.63) is 0 Å². The van der Waals surface area contributed by atoms with E-state index >= 15 is 0 Å². The van der Waals surface area contributed by atoms with Gasteiger partial charge in [0.1, 0.15) is 0 Å². The Hall–Kier alpha value is -0.570. The molecule has 0 bridgehead atoms. The molecule has 0 aliphatic carbocycles. The highest BCUT2D eigenvalue weighted by molar-refractivity contribution is 5.67. The second-order valence-electron chi connectivity index (χ2n) is 2.64. The average molecular weight is 144 g/mol. The first-order chi connectivity index (χ1) is 4.74. The number of epoxide rings is 1. The van der Waals surface area contributed by atoms with Gasteiger partial charge in [-0.15, -0.1) is 0 Å². The molecule has 58 valence electrons. The lowest BCUT2D eigenvalue weighted by Gasteiger charge is -2.06. The predicted octanol–water partition coefficient (Wildman–Crippen LogP) is 0.886. The zero-order valence-electron chi connectivity index (χ0n) is 6.04. The van der Waals surface area contributed by atoms with Gasteiger partial charge in [0.05, 0.1) is 19.1 Å². The molecule has 0 saturated carbocycles. The van der Waals surface area contributed by atoms with Gasteiger partial charge in [0, 0.05) is 0 Å². The Kier molecular flexibility index (Phi) is 2.27. The van der Waals surface area contributed by atoms with Crippen LogP contribution in [0.15, 0.2) is 0 Å². The fraction of sp³-hybridized carbons (Fsp3) is 0.857. The van der Waals surface area contributed by atoms with Gasteiger partial charge < -0.3 is 9.84 Å². The first kappa shape index (κ1) is 7.54. The smallest absolute Gasteiger partial charge is 0.303 e. The monoisotopic (exact) mass is 144 g/mol. The van der Waals surface area contributed by atoms with Crippen molar-refractivity contribution in [2.24, 2.45) is 5.92 Å². The van der Waals surface area contributed by atoms with Crippen molar-refractivity contribution in [2.75, 3.05) is 6.61 Å². The van der Waals surface area contributed by atoms with E-state index in [-0.39, 0.29) is 18.4 Å². The standard InChI is InChI=1S/C7H12O3/c1-2-5(3-7(8)9)6-4-10-6/h5-6H,2-4H2,1H3,(H,8,9). The van der Waals surface area contributed by atoms with E-state index in [9.17, 15) is 4.79 Å². The van der Waals surface area contributed by atoms with Gasteiger partial charge in [0.2, 0.25) is 0 Å². The SMILES string of the molecule is CCC(CC(=O)O)C1CO1. The molecule has 3 nitrogen and oxygen atoms in total. The fourth-order valence-electron chi connectivity index (χ4n) is 1.09. The minimum absolute atomic E-state index is 0.234. The van der Waals surface area contributed by atoms with E-state index in [4.69, 9.17) is 9.84 Å². The molecule has 2 unspecified atom stereocenters. The number of carboxylic acid groups (broad SMARTS) is 1. The van der Waals surface area contributed by atoms with Crippen LogP contribution in [0.25, 0.3) is 0 Å². The summed E-state index contributed by atoms with van der Waals surface area (Å²) in [5.74, 6) is -0.486. The van der Waals surface area contributed by atoms with Gasteiger partial charge in [-0.3, -0.25) is 4.79 Å². The molecule has 3 heteroatoms. The van der Waals surface area contributed by atoms with Crippen molar-refractivity contribution >= 4 is 5.97 Å². The van der Waals surface area contributed by atoms with Crippen LogP contribution in [0.1, 0.15) is 19.8 Å². The van der Waals surface area contributed by atoms with E-state index < -0.39 is 5.97 Å². The van der Waals surface area contributed by atoms with Crippen molar-refractivity contribution in [2.45, 2.75) is 25.9 Å². The van der Waals surface area contributed by atoms with Crippen LogP contribution in [0, 0.1) is 5.92 Å². The van der Waals surface area contributed by atoms with E-state index in [2.05, 4.69) is 0 Å². The minimum atomic E-state index is -0.720. The van der Waals surface area contributed by atoms with Crippen molar-refractivity contribution in [1.82, 2.24) is 0 Å². The van der Waals surface area contributed by atoms with Crippen LogP contribution in [0.4, 0.5) is 0 Å². The summed E-state index contributed by atoms with van der Waals surface area (Å²) in [5.41, 5.74) is 0. The van der Waals surface area contributed by atoms with E-state index in [0.717, 1.165) is 13.0 Å². The van der Waals surface area contributed by atoms with Gasteiger partial charge in [-0.1, -0.05) is 13.3 Å². The van der Waals surface area contributed by atoms with Crippen LogP contribution < -0.4 is 0 Å². The lowest BCUT2D eigenvalue weighted by Crippen LogP contribution is -2.12. The summed E-state index contributed by atoms with van der Waals surface area (Å²) in [6.07, 6.45) is 1.39. The van der Waals surface area contributed by atoms with Gasteiger partial charge in [-0.05, 0) is 5.92 Å². The highest BCUT2D eigenvalue weighted by Gasteiger charge is 2.32. The highest BCUT2D eigenvalue weighted by atomic mass is 16.6. The summed E-state index contributed by atoms with van der Waals surface area (Å²) in [4.78, 5) is 10.2. The second-order valence-corrected chi connectivity index (χ2v) is 2.64. The molecule has 0 aromatic heterocycles. The second kappa shape index (κ2) is 3.01. The van der Waals surface area contributed by atoms with Crippen molar-refractivity contribution in [1.29, 1.82) is 0 Å². The van der Waals surface area contributed by atoms with Crippen molar-refractivity contribution in [3.63, 3.8) is 0 Å². The maximum absolute atomic E-state index is 10.2. The van der Waals surface area contributed by atoms with E-state index in [1.165, 1.54) is 0 Å². The summed E-state index contributed by atoms with van der Waals surface area (Å²) < 4.78 is 5.00. The van der Waals surface area contributed by atoms with Gasteiger partial charge in [-0.25, -0.2) is 0 Å². The number of ether oxygens (including phenoxy) is 1. The zero-order chi connectivity index (χ0) is 7.56. The van der Waals surface area contributed by atoms with E-state index in [1.807, 2.05) is 6.92 Å².